The van der Waals surface area contributed by atoms with Gasteiger partial charge in [0.15, 0.2) is 12.4 Å². The van der Waals surface area contributed by atoms with E-state index in [2.05, 4.69) is 5.32 Å². The third-order valence-corrected chi connectivity index (χ3v) is 3.98. The normalized spacial score (nSPS) is 11.6. The Morgan fingerprint density at radius 2 is 1.87 bits per heavy atom. The van der Waals surface area contributed by atoms with E-state index in [4.69, 9.17) is 4.74 Å². The number of amides is 1. The van der Waals surface area contributed by atoms with E-state index in [1.807, 2.05) is 0 Å². The number of benzene rings is 2. The van der Waals surface area contributed by atoms with Crippen LogP contribution in [0.4, 0.5) is 5.69 Å². The van der Waals surface area contributed by atoms with Gasteiger partial charge in [-0.15, -0.1) is 0 Å². The molecule has 2 rings (SSSR count). The van der Waals surface area contributed by atoms with Gasteiger partial charge < -0.3 is 10.1 Å². The van der Waals surface area contributed by atoms with Crippen molar-refractivity contribution in [2.24, 2.45) is 0 Å². The molecular formula is C17H17NO4S. The van der Waals surface area contributed by atoms with E-state index in [0.717, 1.165) is 0 Å². The molecule has 120 valence electrons. The summed E-state index contributed by atoms with van der Waals surface area (Å²) in [7, 11) is -1.11. The fourth-order valence-corrected chi connectivity index (χ4v) is 2.47. The van der Waals surface area contributed by atoms with Crippen molar-refractivity contribution in [1.82, 2.24) is 0 Å². The maximum Gasteiger partial charge on any atom is 0.262 e. The maximum absolute atomic E-state index is 11.9. The van der Waals surface area contributed by atoms with Crippen LogP contribution in [-0.2, 0) is 15.6 Å². The number of carbonyl (C=O) groups is 2. The van der Waals surface area contributed by atoms with Crippen LogP contribution in [0.5, 0.6) is 5.75 Å². The Bertz CT molecular complexity index is 758. The lowest BCUT2D eigenvalue weighted by Crippen LogP contribution is -2.20. The number of ether oxygens (including phenoxy) is 1. The van der Waals surface area contributed by atoms with Crippen LogP contribution in [0.2, 0.25) is 0 Å². The number of anilines is 1. The second kappa shape index (κ2) is 7.69. The molecule has 0 aliphatic carbocycles. The van der Waals surface area contributed by atoms with E-state index >= 15 is 0 Å². The summed E-state index contributed by atoms with van der Waals surface area (Å²) in [4.78, 5) is 23.8. The Balaban J connectivity index is 1.95. The average Bonchev–Trinajstić information content (AvgIpc) is 2.53. The van der Waals surface area contributed by atoms with Crippen LogP contribution in [0.3, 0.4) is 0 Å². The summed E-state index contributed by atoms with van der Waals surface area (Å²) in [6, 6.07) is 13.5. The second-order valence-corrected chi connectivity index (χ2v) is 6.28. The van der Waals surface area contributed by atoms with Crippen molar-refractivity contribution in [1.29, 1.82) is 0 Å². The maximum atomic E-state index is 11.9. The van der Waals surface area contributed by atoms with Gasteiger partial charge >= 0.3 is 0 Å². The van der Waals surface area contributed by atoms with E-state index in [0.29, 0.717) is 21.9 Å². The topological polar surface area (TPSA) is 72.5 Å². The SMILES string of the molecule is CC(=O)c1cccc(OCC(=O)Nc2cccc(S(C)=O)c2)c1. The monoisotopic (exact) mass is 331 g/mol. The first-order valence-corrected chi connectivity index (χ1v) is 8.48. The van der Waals surface area contributed by atoms with Crippen LogP contribution in [0.25, 0.3) is 0 Å². The highest BCUT2D eigenvalue weighted by molar-refractivity contribution is 7.84. The van der Waals surface area contributed by atoms with E-state index < -0.39 is 10.8 Å². The van der Waals surface area contributed by atoms with Gasteiger partial charge in [0.05, 0.1) is 0 Å². The average molecular weight is 331 g/mol. The third kappa shape index (κ3) is 5.03. The zero-order chi connectivity index (χ0) is 16.8. The van der Waals surface area contributed by atoms with Crippen LogP contribution >= 0.6 is 0 Å². The predicted molar refractivity (Wildman–Crippen MR) is 89.3 cm³/mol. The fraction of sp³-hybridized carbons (Fsp3) is 0.176. The molecule has 1 amide bonds. The van der Waals surface area contributed by atoms with Crippen molar-refractivity contribution in [2.45, 2.75) is 11.8 Å². The number of Topliss-reactive ketones (excluding diaryl/α,β-unsaturated/α-hetero) is 1. The molecule has 0 saturated carbocycles. The molecule has 2 aromatic rings. The summed E-state index contributed by atoms with van der Waals surface area (Å²) >= 11 is 0. The highest BCUT2D eigenvalue weighted by atomic mass is 32.2. The quantitative estimate of drug-likeness (QED) is 0.826. The summed E-state index contributed by atoms with van der Waals surface area (Å²) in [6.45, 7) is 1.29. The van der Waals surface area contributed by atoms with E-state index in [-0.39, 0.29) is 18.3 Å². The summed E-state index contributed by atoms with van der Waals surface area (Å²) in [6.07, 6.45) is 1.58. The second-order valence-electron chi connectivity index (χ2n) is 4.90. The molecular weight excluding hydrogens is 314 g/mol. The largest absolute Gasteiger partial charge is 0.484 e. The molecule has 0 saturated heterocycles. The number of hydrogen-bond acceptors (Lipinski definition) is 4. The van der Waals surface area contributed by atoms with Crippen molar-refractivity contribution in [3.63, 3.8) is 0 Å². The van der Waals surface area contributed by atoms with Gasteiger partial charge in [0.2, 0.25) is 0 Å². The van der Waals surface area contributed by atoms with Crippen molar-refractivity contribution in [3.8, 4) is 5.75 Å². The molecule has 1 unspecified atom stereocenters. The van der Waals surface area contributed by atoms with Gasteiger partial charge in [-0.3, -0.25) is 13.8 Å². The van der Waals surface area contributed by atoms with Crippen molar-refractivity contribution in [2.75, 3.05) is 18.2 Å². The molecule has 0 heterocycles. The first-order valence-electron chi connectivity index (χ1n) is 6.93. The number of rotatable bonds is 6. The van der Waals surface area contributed by atoms with Gasteiger partial charge in [0, 0.05) is 33.2 Å². The minimum Gasteiger partial charge on any atom is -0.484 e. The standard InChI is InChI=1S/C17H17NO4S/c1-12(19)13-5-3-7-15(9-13)22-11-17(20)18-14-6-4-8-16(10-14)23(2)21/h3-10H,11H2,1-2H3,(H,18,20). The molecule has 23 heavy (non-hydrogen) atoms. The zero-order valence-corrected chi connectivity index (χ0v) is 13.7. The highest BCUT2D eigenvalue weighted by Gasteiger charge is 2.07. The lowest BCUT2D eigenvalue weighted by molar-refractivity contribution is -0.118. The van der Waals surface area contributed by atoms with Crippen molar-refractivity contribution < 1.29 is 18.5 Å². The van der Waals surface area contributed by atoms with Crippen LogP contribution in [0.15, 0.2) is 53.4 Å². The van der Waals surface area contributed by atoms with Gasteiger partial charge in [-0.05, 0) is 37.3 Å². The van der Waals surface area contributed by atoms with Crippen LogP contribution < -0.4 is 10.1 Å². The third-order valence-electron chi connectivity index (χ3n) is 3.06. The van der Waals surface area contributed by atoms with Gasteiger partial charge in [0.1, 0.15) is 5.75 Å². The Kier molecular flexibility index (Phi) is 5.65. The smallest absolute Gasteiger partial charge is 0.262 e. The predicted octanol–water partition coefficient (Wildman–Crippen LogP) is 2.64. The van der Waals surface area contributed by atoms with Gasteiger partial charge in [0.25, 0.3) is 5.91 Å². The summed E-state index contributed by atoms with van der Waals surface area (Å²) < 4.78 is 16.8. The molecule has 0 aliphatic rings. The highest BCUT2D eigenvalue weighted by Crippen LogP contribution is 2.15. The number of carbonyl (C=O) groups excluding carboxylic acids is 2. The van der Waals surface area contributed by atoms with Crippen LogP contribution in [-0.4, -0.2) is 28.8 Å². The summed E-state index contributed by atoms with van der Waals surface area (Å²) in [5.41, 5.74) is 1.09. The Morgan fingerprint density at radius 1 is 1.13 bits per heavy atom. The molecule has 0 spiro atoms. The van der Waals surface area contributed by atoms with Crippen molar-refractivity contribution in [3.05, 3.63) is 54.1 Å². The van der Waals surface area contributed by atoms with E-state index in [1.54, 1.807) is 54.8 Å². The molecule has 0 bridgehead atoms. The molecule has 0 radical (unpaired) electrons. The van der Waals surface area contributed by atoms with Gasteiger partial charge in [-0.25, -0.2) is 0 Å². The Labute approximate surface area is 137 Å². The molecule has 0 aromatic heterocycles. The van der Waals surface area contributed by atoms with E-state index in [9.17, 15) is 13.8 Å². The van der Waals surface area contributed by atoms with Crippen LogP contribution in [0, 0.1) is 0 Å². The molecule has 5 nitrogen and oxygen atoms in total. The number of nitrogens with one attached hydrogen (secondary N) is 1. The molecule has 1 atom stereocenters. The summed E-state index contributed by atoms with van der Waals surface area (Å²) in [5.74, 6) is 0.0535. The minimum absolute atomic E-state index is 0.0655. The zero-order valence-electron chi connectivity index (χ0n) is 12.9. The Hall–Kier alpha value is -2.47. The number of hydrogen-bond donors (Lipinski definition) is 1. The molecule has 0 aliphatic heterocycles. The van der Waals surface area contributed by atoms with Gasteiger partial charge in [-0.1, -0.05) is 18.2 Å². The molecule has 6 heteroatoms. The van der Waals surface area contributed by atoms with E-state index in [1.165, 1.54) is 6.92 Å². The lowest BCUT2D eigenvalue weighted by Gasteiger charge is -2.09. The summed E-state index contributed by atoms with van der Waals surface area (Å²) in [5, 5.41) is 2.68. The van der Waals surface area contributed by atoms with Crippen molar-refractivity contribution >= 4 is 28.2 Å². The first-order chi connectivity index (χ1) is 11.0. The molecule has 2 aromatic carbocycles. The lowest BCUT2D eigenvalue weighted by atomic mass is 10.1. The molecule has 0 fully saturated rings. The molecule has 1 N–H and O–H groups in total. The minimum atomic E-state index is -1.11. The van der Waals surface area contributed by atoms with Gasteiger partial charge in [-0.2, -0.15) is 0 Å². The first kappa shape index (κ1) is 16.9. The van der Waals surface area contributed by atoms with Crippen LogP contribution in [0.1, 0.15) is 17.3 Å². The number of ketones is 1. The Morgan fingerprint density at radius 3 is 2.57 bits per heavy atom. The fourth-order valence-electron chi connectivity index (χ4n) is 1.90.